The van der Waals surface area contributed by atoms with Crippen LogP contribution >= 0.6 is 0 Å². The van der Waals surface area contributed by atoms with Gasteiger partial charge in [-0.15, -0.1) is 0 Å². The van der Waals surface area contributed by atoms with Crippen molar-refractivity contribution in [3.63, 3.8) is 0 Å². The van der Waals surface area contributed by atoms with E-state index >= 15 is 0 Å². The number of esters is 1. The molecule has 1 rings (SSSR count). The highest BCUT2D eigenvalue weighted by Crippen LogP contribution is 2.14. The average molecular weight is 276 g/mol. The van der Waals surface area contributed by atoms with Crippen molar-refractivity contribution in [1.29, 1.82) is 5.53 Å². The summed E-state index contributed by atoms with van der Waals surface area (Å²) >= 11 is 0. The second-order valence-electron chi connectivity index (χ2n) is 5.89. The highest BCUT2D eigenvalue weighted by molar-refractivity contribution is 5.89. The second kappa shape index (κ2) is 7.78. The molecule has 0 heterocycles. The number of nitrogens with one attached hydrogen (secondary N) is 1. The summed E-state index contributed by atoms with van der Waals surface area (Å²) in [6.07, 6.45) is 4.13. The largest absolute Gasteiger partial charge is 0.456 e. The Morgan fingerprint density at radius 1 is 1.15 bits per heavy atom. The maximum atomic E-state index is 11.9. The Morgan fingerprint density at radius 3 is 2.35 bits per heavy atom. The van der Waals surface area contributed by atoms with E-state index in [4.69, 9.17) is 10.3 Å². The fraction of sp³-hybridized carbons (Fsp3) is 0.562. The summed E-state index contributed by atoms with van der Waals surface area (Å²) in [5.41, 5.74) is 8.07. The number of unbranched alkanes of at least 4 members (excludes halogenated alkanes) is 2. The zero-order valence-corrected chi connectivity index (χ0v) is 12.6. The van der Waals surface area contributed by atoms with E-state index in [2.05, 4.69) is 5.11 Å². The van der Waals surface area contributed by atoms with Crippen molar-refractivity contribution in [1.82, 2.24) is 0 Å². The molecule has 0 bridgehead atoms. The van der Waals surface area contributed by atoms with Crippen LogP contribution in [0.25, 0.3) is 0 Å². The number of ether oxygens (including phenoxy) is 1. The number of carbonyl (C=O) groups excluding carboxylic acids is 1. The SMILES string of the molecule is CC(C)(C)OC(=O)c1ccc(CCCCCN=N)cc1. The molecule has 1 N–H and O–H groups in total. The Bertz CT molecular complexity index is 433. The molecule has 20 heavy (non-hydrogen) atoms. The minimum atomic E-state index is -0.460. The van der Waals surface area contributed by atoms with Gasteiger partial charge in [-0.3, -0.25) is 0 Å². The predicted octanol–water partition coefficient (Wildman–Crippen LogP) is 4.39. The van der Waals surface area contributed by atoms with E-state index in [-0.39, 0.29) is 5.97 Å². The predicted molar refractivity (Wildman–Crippen MR) is 79.2 cm³/mol. The van der Waals surface area contributed by atoms with Crippen LogP contribution in [0.15, 0.2) is 29.4 Å². The summed E-state index contributed by atoms with van der Waals surface area (Å²) in [5, 5.41) is 3.34. The number of benzene rings is 1. The third-order valence-corrected chi connectivity index (χ3v) is 2.82. The topological polar surface area (TPSA) is 62.5 Å². The second-order valence-corrected chi connectivity index (χ2v) is 5.89. The quantitative estimate of drug-likeness (QED) is 0.456. The lowest BCUT2D eigenvalue weighted by molar-refractivity contribution is 0.00695. The van der Waals surface area contributed by atoms with Gasteiger partial charge in [-0.1, -0.05) is 18.6 Å². The lowest BCUT2D eigenvalue weighted by Gasteiger charge is -2.19. The van der Waals surface area contributed by atoms with E-state index < -0.39 is 5.60 Å². The van der Waals surface area contributed by atoms with Crippen LogP contribution in [0.2, 0.25) is 0 Å². The summed E-state index contributed by atoms with van der Waals surface area (Å²) in [7, 11) is 0. The van der Waals surface area contributed by atoms with Crippen molar-refractivity contribution in [3.8, 4) is 0 Å². The number of rotatable bonds is 7. The molecule has 0 saturated carbocycles. The van der Waals surface area contributed by atoms with Crippen molar-refractivity contribution >= 4 is 5.97 Å². The summed E-state index contributed by atoms with van der Waals surface area (Å²) in [4.78, 5) is 11.9. The van der Waals surface area contributed by atoms with Gasteiger partial charge in [0, 0.05) is 0 Å². The first kappa shape index (κ1) is 16.3. The molecule has 0 aromatic heterocycles. The van der Waals surface area contributed by atoms with E-state index in [1.807, 2.05) is 45.0 Å². The third-order valence-electron chi connectivity index (χ3n) is 2.82. The molecular weight excluding hydrogens is 252 g/mol. The number of carbonyl (C=O) groups is 1. The van der Waals surface area contributed by atoms with Gasteiger partial charge in [-0.2, -0.15) is 5.11 Å². The maximum absolute atomic E-state index is 11.9. The monoisotopic (exact) mass is 276 g/mol. The van der Waals surface area contributed by atoms with Crippen LogP contribution < -0.4 is 0 Å². The first-order chi connectivity index (χ1) is 9.42. The molecule has 0 aliphatic rings. The Labute approximate surface area is 121 Å². The van der Waals surface area contributed by atoms with Gasteiger partial charge in [-0.05, 0) is 57.7 Å². The molecule has 1 aromatic carbocycles. The Balaban J connectivity index is 2.44. The maximum Gasteiger partial charge on any atom is 0.338 e. The zero-order valence-electron chi connectivity index (χ0n) is 12.6. The molecule has 0 saturated heterocycles. The average Bonchev–Trinajstić information content (AvgIpc) is 2.37. The molecule has 4 nitrogen and oxygen atoms in total. The van der Waals surface area contributed by atoms with E-state index in [0.29, 0.717) is 12.1 Å². The van der Waals surface area contributed by atoms with Crippen LogP contribution in [-0.4, -0.2) is 18.1 Å². The summed E-state index contributed by atoms with van der Waals surface area (Å²) in [6.45, 7) is 6.21. The van der Waals surface area contributed by atoms with Gasteiger partial charge in [-0.25, -0.2) is 10.3 Å². The minimum absolute atomic E-state index is 0.277. The van der Waals surface area contributed by atoms with Crippen molar-refractivity contribution < 1.29 is 9.53 Å². The van der Waals surface area contributed by atoms with Gasteiger partial charge in [0.15, 0.2) is 0 Å². The summed E-state index contributed by atoms with van der Waals surface area (Å²) < 4.78 is 5.32. The van der Waals surface area contributed by atoms with Gasteiger partial charge < -0.3 is 4.74 Å². The van der Waals surface area contributed by atoms with Crippen molar-refractivity contribution in [2.45, 2.75) is 52.1 Å². The molecule has 0 spiro atoms. The molecule has 0 fully saturated rings. The Kier molecular flexibility index (Phi) is 6.36. The number of hydrogen-bond acceptors (Lipinski definition) is 4. The van der Waals surface area contributed by atoms with E-state index in [9.17, 15) is 4.79 Å². The van der Waals surface area contributed by atoms with Crippen molar-refractivity contribution in [2.24, 2.45) is 5.11 Å². The van der Waals surface area contributed by atoms with Crippen molar-refractivity contribution in [3.05, 3.63) is 35.4 Å². The molecule has 0 atom stereocenters. The normalized spacial score (nSPS) is 11.2. The van der Waals surface area contributed by atoms with E-state index in [1.54, 1.807) is 0 Å². The molecule has 1 aromatic rings. The lowest BCUT2D eigenvalue weighted by atomic mass is 10.1. The Morgan fingerprint density at radius 2 is 1.80 bits per heavy atom. The van der Waals surface area contributed by atoms with Gasteiger partial charge >= 0.3 is 5.97 Å². The van der Waals surface area contributed by atoms with Crippen LogP contribution in [0.1, 0.15) is 56.0 Å². The number of aryl methyl sites for hydroxylation is 1. The molecule has 0 unspecified atom stereocenters. The van der Waals surface area contributed by atoms with E-state index in [0.717, 1.165) is 25.7 Å². The molecule has 4 heteroatoms. The minimum Gasteiger partial charge on any atom is -0.456 e. The Hall–Kier alpha value is -1.71. The summed E-state index contributed by atoms with van der Waals surface area (Å²) in [6, 6.07) is 7.60. The zero-order chi connectivity index (χ0) is 15.0. The molecular formula is C16H24N2O2. The highest BCUT2D eigenvalue weighted by atomic mass is 16.6. The standard InChI is InChI=1S/C16H24N2O2/c1-16(2,3)20-15(19)14-10-8-13(9-11-14)7-5-4-6-12-18-17/h8-11,17H,4-7,12H2,1-3H3. The first-order valence-electron chi connectivity index (χ1n) is 7.08. The van der Waals surface area contributed by atoms with Crippen LogP contribution in [0.4, 0.5) is 0 Å². The van der Waals surface area contributed by atoms with Gasteiger partial charge in [0.2, 0.25) is 0 Å². The van der Waals surface area contributed by atoms with Gasteiger partial charge in [0.1, 0.15) is 5.60 Å². The number of hydrogen-bond donors (Lipinski definition) is 1. The fourth-order valence-corrected chi connectivity index (χ4v) is 1.84. The van der Waals surface area contributed by atoms with Crippen molar-refractivity contribution in [2.75, 3.05) is 6.54 Å². The highest BCUT2D eigenvalue weighted by Gasteiger charge is 2.17. The third kappa shape index (κ3) is 6.45. The molecule has 110 valence electrons. The molecule has 0 aliphatic heterocycles. The summed E-state index contributed by atoms with van der Waals surface area (Å²) in [5.74, 6) is -0.277. The first-order valence-corrected chi connectivity index (χ1v) is 7.08. The van der Waals surface area contributed by atoms with Gasteiger partial charge in [0.25, 0.3) is 0 Å². The smallest absolute Gasteiger partial charge is 0.338 e. The lowest BCUT2D eigenvalue weighted by Crippen LogP contribution is -2.23. The fourth-order valence-electron chi connectivity index (χ4n) is 1.84. The molecule has 0 aliphatic carbocycles. The molecule has 0 radical (unpaired) electrons. The van der Waals surface area contributed by atoms with Crippen LogP contribution in [-0.2, 0) is 11.2 Å². The van der Waals surface area contributed by atoms with Crippen LogP contribution in [0.3, 0.4) is 0 Å². The number of nitrogens with zero attached hydrogens (tertiary/aromatic N) is 1. The van der Waals surface area contributed by atoms with E-state index in [1.165, 1.54) is 5.56 Å². The van der Waals surface area contributed by atoms with Crippen LogP contribution in [0.5, 0.6) is 0 Å². The molecule has 0 amide bonds. The van der Waals surface area contributed by atoms with Crippen LogP contribution in [0, 0.1) is 5.53 Å². The van der Waals surface area contributed by atoms with Gasteiger partial charge in [0.05, 0.1) is 12.1 Å².